The summed E-state index contributed by atoms with van der Waals surface area (Å²) < 4.78 is 10.5. The number of nitrogens with one attached hydrogen (secondary N) is 1. The van der Waals surface area contributed by atoms with Gasteiger partial charge in [0.05, 0.1) is 11.0 Å². The van der Waals surface area contributed by atoms with Crippen molar-refractivity contribution >= 4 is 23.1 Å². The molecule has 0 aromatic heterocycles. The Balaban J connectivity index is 1.92. The van der Waals surface area contributed by atoms with Gasteiger partial charge in [-0.1, -0.05) is 13.8 Å². The van der Waals surface area contributed by atoms with Crippen LogP contribution in [-0.2, 0) is 0 Å². The second-order valence-corrected chi connectivity index (χ2v) is 7.14. The Labute approximate surface area is 127 Å². The van der Waals surface area contributed by atoms with Crippen LogP contribution in [0.3, 0.4) is 0 Å². The molecule has 1 fully saturated rings. The van der Waals surface area contributed by atoms with Gasteiger partial charge >= 0.3 is 0 Å². The van der Waals surface area contributed by atoms with Crippen molar-refractivity contribution in [1.29, 1.82) is 0 Å². The average molecular weight is 310 g/mol. The maximum absolute atomic E-state index is 11.3. The largest absolute Gasteiger partial charge is 0.454 e. The van der Waals surface area contributed by atoms with Crippen LogP contribution in [0.1, 0.15) is 20.3 Å². The molecule has 1 saturated heterocycles. The van der Waals surface area contributed by atoms with Gasteiger partial charge in [-0.15, -0.1) is 0 Å². The van der Waals surface area contributed by atoms with E-state index >= 15 is 0 Å². The summed E-state index contributed by atoms with van der Waals surface area (Å²) >= 11 is 1.88. The summed E-state index contributed by atoms with van der Waals surface area (Å²) in [4.78, 5) is 10.9. The third-order valence-electron chi connectivity index (χ3n) is 4.14. The zero-order chi connectivity index (χ0) is 15.0. The number of rotatable bonds is 3. The summed E-state index contributed by atoms with van der Waals surface area (Å²) in [5.74, 6) is 3.07. The zero-order valence-corrected chi connectivity index (χ0v) is 12.9. The van der Waals surface area contributed by atoms with E-state index in [2.05, 4.69) is 19.2 Å². The molecule has 1 aromatic rings. The summed E-state index contributed by atoms with van der Waals surface area (Å²) in [6.45, 7) is 4.51. The lowest BCUT2D eigenvalue weighted by atomic mass is 9.82. The molecule has 1 N–H and O–H groups in total. The highest BCUT2D eigenvalue weighted by Crippen LogP contribution is 2.43. The Morgan fingerprint density at radius 2 is 2.10 bits per heavy atom. The molecule has 1 atom stereocenters. The highest BCUT2D eigenvalue weighted by atomic mass is 32.2. The van der Waals surface area contributed by atoms with E-state index in [1.165, 1.54) is 6.07 Å². The van der Waals surface area contributed by atoms with E-state index in [-0.39, 0.29) is 28.9 Å². The van der Waals surface area contributed by atoms with Gasteiger partial charge in [0.15, 0.2) is 11.5 Å². The monoisotopic (exact) mass is 310 g/mol. The van der Waals surface area contributed by atoms with Crippen LogP contribution in [0.5, 0.6) is 11.5 Å². The van der Waals surface area contributed by atoms with Gasteiger partial charge in [-0.2, -0.15) is 11.8 Å². The number of ether oxygens (including phenoxy) is 2. The molecule has 0 saturated carbocycles. The van der Waals surface area contributed by atoms with E-state index in [0.717, 1.165) is 17.9 Å². The Bertz CT molecular complexity index is 576. The average Bonchev–Trinajstić information content (AvgIpc) is 2.87. The molecule has 3 rings (SSSR count). The highest BCUT2D eigenvalue weighted by molar-refractivity contribution is 7.99. The van der Waals surface area contributed by atoms with Crippen LogP contribution in [0.15, 0.2) is 12.1 Å². The van der Waals surface area contributed by atoms with Crippen LogP contribution in [0.2, 0.25) is 0 Å². The molecule has 1 aromatic carbocycles. The number of nitro groups is 1. The minimum Gasteiger partial charge on any atom is -0.454 e. The molecule has 1 unspecified atom stereocenters. The molecule has 0 amide bonds. The van der Waals surface area contributed by atoms with E-state index < -0.39 is 0 Å². The first kappa shape index (κ1) is 14.3. The molecule has 114 valence electrons. The molecule has 2 aliphatic heterocycles. The van der Waals surface area contributed by atoms with Gasteiger partial charge < -0.3 is 14.8 Å². The molecule has 7 heteroatoms. The van der Waals surface area contributed by atoms with Crippen LogP contribution >= 0.6 is 11.8 Å². The standard InChI is InChI=1S/C14H18N2O4S/c1-14(2)3-4-21-7-13(14)15-9-5-11-12(20-8-19-11)6-10(9)16(17)18/h5-6,13,15H,3-4,7-8H2,1-2H3. The fourth-order valence-electron chi connectivity index (χ4n) is 2.56. The van der Waals surface area contributed by atoms with Gasteiger partial charge in [0, 0.05) is 17.9 Å². The number of thioether (sulfide) groups is 1. The quantitative estimate of drug-likeness (QED) is 0.682. The fourth-order valence-corrected chi connectivity index (χ4v) is 4.17. The molecule has 0 radical (unpaired) electrons. The third-order valence-corrected chi connectivity index (χ3v) is 5.20. The van der Waals surface area contributed by atoms with Gasteiger partial charge in [0.2, 0.25) is 6.79 Å². The van der Waals surface area contributed by atoms with Gasteiger partial charge in [-0.25, -0.2) is 0 Å². The number of anilines is 1. The van der Waals surface area contributed by atoms with E-state index in [4.69, 9.17) is 9.47 Å². The number of fused-ring (bicyclic) bond motifs is 1. The molecular formula is C14H18N2O4S. The number of benzene rings is 1. The van der Waals surface area contributed by atoms with Gasteiger partial charge in [-0.05, 0) is 17.6 Å². The molecule has 6 nitrogen and oxygen atoms in total. The number of hydrogen-bond acceptors (Lipinski definition) is 6. The predicted octanol–water partition coefficient (Wildman–Crippen LogP) is 3.27. The van der Waals surface area contributed by atoms with Crippen LogP contribution < -0.4 is 14.8 Å². The number of hydrogen-bond donors (Lipinski definition) is 1. The fraction of sp³-hybridized carbons (Fsp3) is 0.571. The van der Waals surface area contributed by atoms with Gasteiger partial charge in [-0.3, -0.25) is 10.1 Å². The summed E-state index contributed by atoms with van der Waals surface area (Å²) in [5, 5.41) is 14.6. The SMILES string of the molecule is CC1(C)CCSCC1Nc1cc2c(cc1[N+](=O)[O-])OCO2. The molecule has 0 spiro atoms. The van der Waals surface area contributed by atoms with E-state index in [9.17, 15) is 10.1 Å². The Hall–Kier alpha value is -1.63. The maximum Gasteiger partial charge on any atom is 0.296 e. The summed E-state index contributed by atoms with van der Waals surface area (Å²) in [5.41, 5.74) is 0.644. The second-order valence-electron chi connectivity index (χ2n) is 5.99. The van der Waals surface area contributed by atoms with Crippen molar-refractivity contribution in [3.8, 4) is 11.5 Å². The summed E-state index contributed by atoms with van der Waals surface area (Å²) in [7, 11) is 0. The van der Waals surface area contributed by atoms with E-state index in [1.807, 2.05) is 11.8 Å². The summed E-state index contributed by atoms with van der Waals surface area (Å²) in [6, 6.07) is 3.30. The molecule has 21 heavy (non-hydrogen) atoms. The van der Waals surface area contributed by atoms with E-state index in [1.54, 1.807) is 6.07 Å². The highest BCUT2D eigenvalue weighted by Gasteiger charge is 2.34. The van der Waals surface area contributed by atoms with Gasteiger partial charge in [0.25, 0.3) is 5.69 Å². The lowest BCUT2D eigenvalue weighted by molar-refractivity contribution is -0.384. The molecule has 0 aliphatic carbocycles. The molecule has 0 bridgehead atoms. The van der Waals surface area contributed by atoms with Crippen molar-refractivity contribution in [3.63, 3.8) is 0 Å². The Morgan fingerprint density at radius 1 is 1.38 bits per heavy atom. The van der Waals surface area contributed by atoms with Crippen LogP contribution in [0.25, 0.3) is 0 Å². The lowest BCUT2D eigenvalue weighted by Crippen LogP contribution is -2.41. The molecule has 2 aliphatic rings. The van der Waals surface area contributed by atoms with Crippen molar-refractivity contribution in [2.45, 2.75) is 26.3 Å². The predicted molar refractivity (Wildman–Crippen MR) is 82.4 cm³/mol. The number of nitrogens with zero attached hydrogens (tertiary/aromatic N) is 1. The third kappa shape index (κ3) is 2.74. The zero-order valence-electron chi connectivity index (χ0n) is 12.0. The number of nitro benzene ring substituents is 1. The van der Waals surface area contributed by atoms with Crippen molar-refractivity contribution in [2.24, 2.45) is 5.41 Å². The van der Waals surface area contributed by atoms with Crippen molar-refractivity contribution in [3.05, 3.63) is 22.2 Å². The Morgan fingerprint density at radius 3 is 2.76 bits per heavy atom. The lowest BCUT2D eigenvalue weighted by Gasteiger charge is -2.39. The van der Waals surface area contributed by atoms with Crippen molar-refractivity contribution in [1.82, 2.24) is 0 Å². The maximum atomic E-state index is 11.3. The smallest absolute Gasteiger partial charge is 0.296 e. The van der Waals surface area contributed by atoms with Crippen LogP contribution in [0, 0.1) is 15.5 Å². The molecule has 2 heterocycles. The first-order valence-electron chi connectivity index (χ1n) is 6.90. The normalized spacial score (nSPS) is 22.9. The van der Waals surface area contributed by atoms with Crippen molar-refractivity contribution in [2.75, 3.05) is 23.6 Å². The second kappa shape index (κ2) is 5.29. The molecular weight excluding hydrogens is 292 g/mol. The van der Waals surface area contributed by atoms with Gasteiger partial charge in [0.1, 0.15) is 5.69 Å². The van der Waals surface area contributed by atoms with Crippen molar-refractivity contribution < 1.29 is 14.4 Å². The van der Waals surface area contributed by atoms with Crippen LogP contribution in [-0.4, -0.2) is 29.3 Å². The first-order chi connectivity index (χ1) is 9.97. The first-order valence-corrected chi connectivity index (χ1v) is 8.05. The minimum atomic E-state index is -0.382. The Kier molecular flexibility index (Phi) is 3.61. The minimum absolute atomic E-state index is 0.0330. The van der Waals surface area contributed by atoms with Crippen LogP contribution in [0.4, 0.5) is 11.4 Å². The summed E-state index contributed by atoms with van der Waals surface area (Å²) in [6.07, 6.45) is 1.09. The topological polar surface area (TPSA) is 73.6 Å². The van der Waals surface area contributed by atoms with E-state index in [0.29, 0.717) is 17.2 Å².